The number of aliphatic imine (C=N–C) groups is 1. The lowest BCUT2D eigenvalue weighted by Gasteiger charge is -2.30. The van der Waals surface area contributed by atoms with E-state index < -0.39 is 51.1 Å². The summed E-state index contributed by atoms with van der Waals surface area (Å²) in [4.78, 5) is 65.2. The van der Waals surface area contributed by atoms with Crippen LogP contribution in [0, 0.1) is 5.92 Å². The molecule has 0 radical (unpaired) electrons. The number of hydrogen-bond acceptors (Lipinski definition) is 11. The van der Waals surface area contributed by atoms with Gasteiger partial charge in [-0.25, -0.2) is 14.6 Å². The van der Waals surface area contributed by atoms with Gasteiger partial charge in [-0.3, -0.25) is 14.6 Å². The van der Waals surface area contributed by atoms with E-state index in [0.717, 1.165) is 41.4 Å². The zero-order valence-corrected chi connectivity index (χ0v) is 35.7. The quantitative estimate of drug-likeness (QED) is 0.0795. The second-order valence-corrected chi connectivity index (χ2v) is 18.4. The molecular formula is C41H55N7O9Si. The van der Waals surface area contributed by atoms with Gasteiger partial charge in [0.2, 0.25) is 11.8 Å². The summed E-state index contributed by atoms with van der Waals surface area (Å²) in [6.07, 6.45) is 4.96. The van der Waals surface area contributed by atoms with Gasteiger partial charge in [-0.1, -0.05) is 33.0 Å². The number of methoxy groups -OCH3 is 3. The molecule has 0 aliphatic carbocycles. The van der Waals surface area contributed by atoms with E-state index in [4.69, 9.17) is 23.7 Å². The first-order valence-corrected chi connectivity index (χ1v) is 22.6. The minimum atomic E-state index is -1.20. The number of H-pyrrole nitrogens is 1. The van der Waals surface area contributed by atoms with E-state index in [0.29, 0.717) is 35.4 Å². The highest BCUT2D eigenvalue weighted by Crippen LogP contribution is 2.47. The molecule has 4 amide bonds. The van der Waals surface area contributed by atoms with E-state index in [2.05, 4.69) is 44.0 Å². The third-order valence-electron chi connectivity index (χ3n) is 10.1. The Kier molecular flexibility index (Phi) is 14.7. The van der Waals surface area contributed by atoms with Crippen molar-refractivity contribution >= 4 is 44.6 Å². The third kappa shape index (κ3) is 10.6. The first kappa shape index (κ1) is 43.4. The van der Waals surface area contributed by atoms with Gasteiger partial charge in [0, 0.05) is 39.9 Å². The normalized spacial score (nSPS) is 17.1. The number of carbonyl (C=O) groups excluding carboxylic acids is 4. The summed E-state index contributed by atoms with van der Waals surface area (Å²) in [7, 11) is 2.79. The van der Waals surface area contributed by atoms with E-state index in [9.17, 15) is 19.2 Å². The third-order valence-corrected chi connectivity index (χ3v) is 11.6. The Balaban J connectivity index is 1.25. The molecule has 2 aromatic carbocycles. The lowest BCUT2D eigenvalue weighted by atomic mass is 10.0. The first-order valence-electron chi connectivity index (χ1n) is 19.4. The Bertz CT molecular complexity index is 2020. The number of benzene rings is 2. The van der Waals surface area contributed by atoms with Gasteiger partial charge in [0.15, 0.2) is 23.0 Å². The molecular weight excluding hydrogens is 763 g/mol. The largest absolute Gasteiger partial charge is 0.453 e. The second-order valence-electron chi connectivity index (χ2n) is 15.1. The van der Waals surface area contributed by atoms with Gasteiger partial charge in [-0.2, -0.15) is 0 Å². The van der Waals surface area contributed by atoms with Crippen molar-refractivity contribution in [3.05, 3.63) is 60.2 Å². The number of aromatic nitrogens is 2. The fourth-order valence-corrected chi connectivity index (χ4v) is 8.17. The number of amides is 4. The van der Waals surface area contributed by atoms with Crippen molar-refractivity contribution < 1.29 is 42.9 Å². The Labute approximate surface area is 340 Å². The Hall–Kier alpha value is -5.68. The molecule has 2 aliphatic rings. The number of nitrogens with one attached hydrogen (secondary N) is 4. The number of alkyl carbamates (subject to hydrolysis) is 2. The summed E-state index contributed by atoms with van der Waals surface area (Å²) in [5.41, 5.74) is 3.19. The highest BCUT2D eigenvalue weighted by atomic mass is 28.3. The number of likely N-dealkylation sites (tertiary alicyclic amines) is 1. The van der Waals surface area contributed by atoms with Crippen LogP contribution >= 0.6 is 0 Å². The van der Waals surface area contributed by atoms with Gasteiger partial charge in [0.25, 0.3) is 0 Å². The molecule has 17 heteroatoms. The van der Waals surface area contributed by atoms with Crippen LogP contribution in [0.5, 0.6) is 23.0 Å². The maximum absolute atomic E-state index is 13.5. The predicted octanol–water partition coefficient (Wildman–Crippen LogP) is 6.18. The van der Waals surface area contributed by atoms with Crippen LogP contribution in [0.1, 0.15) is 58.0 Å². The number of rotatable bonds is 15. The van der Waals surface area contributed by atoms with Crippen LogP contribution in [0.3, 0.4) is 0 Å². The van der Waals surface area contributed by atoms with Gasteiger partial charge in [0.05, 0.1) is 44.3 Å². The molecule has 5 rings (SSSR count). The van der Waals surface area contributed by atoms with Crippen LogP contribution in [0.4, 0.5) is 9.59 Å². The molecule has 1 aromatic heterocycles. The number of hydrogen-bond donors (Lipinski definition) is 4. The topological polar surface area (TPSA) is 195 Å². The highest BCUT2D eigenvalue weighted by molar-refractivity contribution is 6.55. The molecule has 312 valence electrons. The van der Waals surface area contributed by atoms with Crippen molar-refractivity contribution in [3.63, 3.8) is 0 Å². The maximum Gasteiger partial charge on any atom is 0.407 e. The lowest BCUT2D eigenvalue weighted by molar-refractivity contribution is -0.134. The molecule has 1 fully saturated rings. The van der Waals surface area contributed by atoms with Crippen LogP contribution in [-0.4, -0.2) is 105 Å². The standard InChI is InChI=1S/C41H55N7O9Si/c1-23(2)35(46-40(51)54-6)39(50)48-18-10-11-30(48)24(3)42-17-16-26-12-14-31-33(19-26)56-32-15-13-27(20-34(32)57-31)28-21-43-37(44-28)29(22-58(8)9)45-38(49)36(25(4)53-5)47-41(52)55-7/h12-17,19-21,23,25,29-30,35-36,58H,10-11,18,22H2,1-9H3,(H,43,44)(H,45,49)(H,46,51)(H,47,52)/b17-16+,42-24+/t25?,29-,30?,35-,36-/m0/s1. The fraction of sp³-hybridized carbons (Fsp3) is 0.463. The van der Waals surface area contributed by atoms with Crippen molar-refractivity contribution in [2.24, 2.45) is 10.9 Å². The average molecular weight is 818 g/mol. The molecule has 1 saturated heterocycles. The first-order chi connectivity index (χ1) is 27.7. The molecule has 3 aromatic rings. The van der Waals surface area contributed by atoms with Gasteiger partial charge in [-0.15, -0.1) is 0 Å². The minimum Gasteiger partial charge on any atom is -0.453 e. The van der Waals surface area contributed by atoms with Gasteiger partial charge in [-0.05, 0) is 80.6 Å². The molecule has 16 nitrogen and oxygen atoms in total. The van der Waals surface area contributed by atoms with Crippen molar-refractivity contribution in [1.82, 2.24) is 30.8 Å². The number of imidazole rings is 1. The van der Waals surface area contributed by atoms with Crippen molar-refractivity contribution in [3.8, 4) is 34.3 Å². The van der Waals surface area contributed by atoms with Crippen molar-refractivity contribution in [1.29, 1.82) is 0 Å². The number of carbonyl (C=O) groups is 4. The monoisotopic (exact) mass is 817 g/mol. The Morgan fingerprint density at radius 1 is 0.948 bits per heavy atom. The number of aromatic amines is 1. The van der Waals surface area contributed by atoms with Crippen LogP contribution in [0.2, 0.25) is 19.1 Å². The highest BCUT2D eigenvalue weighted by Gasteiger charge is 2.37. The molecule has 0 bridgehead atoms. The van der Waals surface area contributed by atoms with Crippen molar-refractivity contribution in [2.75, 3.05) is 27.9 Å². The molecule has 2 aliphatic heterocycles. The van der Waals surface area contributed by atoms with Crippen molar-refractivity contribution in [2.45, 2.75) is 89.9 Å². The van der Waals surface area contributed by atoms with E-state index in [1.165, 1.54) is 21.3 Å². The maximum atomic E-state index is 13.5. The summed E-state index contributed by atoms with van der Waals surface area (Å²) in [6, 6.07) is 9.70. The van der Waals surface area contributed by atoms with Gasteiger partial charge >= 0.3 is 12.2 Å². The predicted molar refractivity (Wildman–Crippen MR) is 222 cm³/mol. The summed E-state index contributed by atoms with van der Waals surface area (Å²) in [6.45, 7) is 12.3. The lowest BCUT2D eigenvalue weighted by Crippen LogP contribution is -2.53. The molecule has 0 spiro atoms. The average Bonchev–Trinajstić information content (AvgIpc) is 3.91. The molecule has 58 heavy (non-hydrogen) atoms. The zero-order valence-electron chi connectivity index (χ0n) is 34.6. The molecule has 2 unspecified atom stereocenters. The minimum absolute atomic E-state index is 0.111. The van der Waals surface area contributed by atoms with E-state index in [-0.39, 0.29) is 17.9 Å². The Morgan fingerprint density at radius 3 is 2.24 bits per heavy atom. The van der Waals surface area contributed by atoms with Gasteiger partial charge in [0.1, 0.15) is 17.9 Å². The summed E-state index contributed by atoms with van der Waals surface area (Å²) < 4.78 is 27.3. The fourth-order valence-electron chi connectivity index (χ4n) is 6.89. The number of ether oxygens (including phenoxy) is 5. The molecule has 0 saturated carbocycles. The van der Waals surface area contributed by atoms with Crippen LogP contribution in [0.25, 0.3) is 17.3 Å². The van der Waals surface area contributed by atoms with E-state index >= 15 is 0 Å². The summed E-state index contributed by atoms with van der Waals surface area (Å²) in [5, 5.41) is 8.29. The smallest absolute Gasteiger partial charge is 0.407 e. The van der Waals surface area contributed by atoms with E-state index in [1.807, 2.05) is 63.2 Å². The molecule has 3 heterocycles. The summed E-state index contributed by atoms with van der Waals surface area (Å²) >= 11 is 0. The second kappa shape index (κ2) is 19.6. The number of fused-ring (bicyclic) bond motifs is 2. The SMILES string of the molecule is COC(=O)N[C@H](C(=O)N1CCCC1/C(C)=N/C=C/c1ccc2c(c1)Oc1ccc(-c3cnc([C@H](C[SiH](C)C)NC(=O)[C@@H](NC(=O)OC)C(C)OC)[nH]3)cc1O2)C(C)C. The Morgan fingerprint density at radius 2 is 1.60 bits per heavy atom. The number of nitrogens with zero attached hydrogens (tertiary/aromatic N) is 3. The van der Waals surface area contributed by atoms with Crippen LogP contribution in [-0.2, 0) is 23.8 Å². The zero-order chi connectivity index (χ0) is 42.1. The van der Waals surface area contributed by atoms with Crippen LogP contribution < -0.4 is 25.4 Å². The molecule has 4 N–H and O–H groups in total. The van der Waals surface area contributed by atoms with E-state index in [1.54, 1.807) is 24.2 Å². The summed E-state index contributed by atoms with van der Waals surface area (Å²) in [5.74, 6) is 2.11. The van der Waals surface area contributed by atoms with Crippen LogP contribution in [0.15, 0.2) is 53.8 Å². The van der Waals surface area contributed by atoms with Gasteiger partial charge < -0.3 is 49.5 Å². The molecule has 5 atom stereocenters.